The molecule has 4 saturated heterocycles. The summed E-state index contributed by atoms with van der Waals surface area (Å²) in [4.78, 5) is 61.8. The number of carbonyl (C=O) groups is 4. The number of ether oxygens (including phenoxy) is 1. The summed E-state index contributed by atoms with van der Waals surface area (Å²) in [6, 6.07) is -2.32. The molecule has 10 atom stereocenters. The van der Waals surface area contributed by atoms with Crippen molar-refractivity contribution in [3.05, 3.63) is 12.2 Å². The molecule has 284 valence electrons. The monoisotopic (exact) mass is 732 g/mol. The molecular weight excluding hydrogens is 677 g/mol. The van der Waals surface area contributed by atoms with Crippen molar-refractivity contribution in [2.45, 2.75) is 143 Å². The van der Waals surface area contributed by atoms with Crippen molar-refractivity contribution >= 4 is 35.5 Å². The molecule has 7 N–H and O–H groups in total. The van der Waals surface area contributed by atoms with Crippen molar-refractivity contribution < 1.29 is 33.9 Å². The molecule has 2 aliphatic carbocycles. The first kappa shape index (κ1) is 37.0. The van der Waals surface area contributed by atoms with Crippen molar-refractivity contribution in [1.29, 1.82) is 0 Å². The van der Waals surface area contributed by atoms with Crippen molar-refractivity contribution in [1.82, 2.24) is 42.3 Å². The molecule has 15 nitrogen and oxygen atoms in total. The number of nitrogens with one attached hydrogen (secondary N) is 6. The predicted molar refractivity (Wildman–Crippen MR) is 189 cm³/mol. The highest BCUT2D eigenvalue weighted by atomic mass is 32.2. The Labute approximate surface area is 304 Å². The number of hydroxylamine groups is 1. The van der Waals surface area contributed by atoms with Gasteiger partial charge in [-0.3, -0.25) is 19.2 Å². The second-order valence-corrected chi connectivity index (χ2v) is 16.9. The number of rotatable bonds is 7. The number of hydrazine groups is 2. The largest absolute Gasteiger partial charge is 0.479 e. The van der Waals surface area contributed by atoms with Gasteiger partial charge in [-0.1, -0.05) is 25.0 Å². The number of thioether (sulfide) groups is 1. The normalized spacial score (nSPS) is 43.1. The van der Waals surface area contributed by atoms with Gasteiger partial charge < -0.3 is 30.7 Å². The van der Waals surface area contributed by atoms with Crippen molar-refractivity contribution in [2.75, 3.05) is 26.0 Å². The van der Waals surface area contributed by atoms with E-state index in [1.165, 1.54) is 0 Å². The van der Waals surface area contributed by atoms with Crippen LogP contribution in [-0.4, -0.2) is 124 Å². The highest BCUT2D eigenvalue weighted by molar-refractivity contribution is 8.00. The van der Waals surface area contributed by atoms with Gasteiger partial charge in [0.1, 0.15) is 23.7 Å². The predicted octanol–water partition coefficient (Wildman–Crippen LogP) is 0.532. The highest BCUT2D eigenvalue weighted by Gasteiger charge is 2.62. The summed E-state index contributed by atoms with van der Waals surface area (Å²) in [7, 11) is 1.79. The van der Waals surface area contributed by atoms with Crippen LogP contribution in [0, 0.1) is 11.8 Å². The lowest BCUT2D eigenvalue weighted by Crippen LogP contribution is -2.57. The summed E-state index contributed by atoms with van der Waals surface area (Å²) >= 11 is 1.91. The van der Waals surface area contributed by atoms with Crippen LogP contribution in [0.1, 0.15) is 84.0 Å². The second-order valence-electron chi connectivity index (χ2n) is 15.6. The van der Waals surface area contributed by atoms with Gasteiger partial charge >= 0.3 is 5.97 Å². The molecule has 2 saturated carbocycles. The Kier molecular flexibility index (Phi) is 11.6. The molecule has 0 bridgehead atoms. The topological polar surface area (TPSA) is 186 Å². The van der Waals surface area contributed by atoms with Gasteiger partial charge in [0, 0.05) is 44.3 Å². The molecule has 7 aliphatic rings. The fraction of sp³-hybridized carbons (Fsp3) is 0.829. The molecule has 5 heterocycles. The van der Waals surface area contributed by atoms with Gasteiger partial charge in [-0.15, -0.1) is 11.8 Å². The Morgan fingerprint density at radius 3 is 2.59 bits per heavy atom. The summed E-state index contributed by atoms with van der Waals surface area (Å²) in [6.45, 7) is 3.07. The third-order valence-corrected chi connectivity index (χ3v) is 13.5. The van der Waals surface area contributed by atoms with Crippen molar-refractivity contribution in [2.24, 2.45) is 11.8 Å². The molecule has 6 fully saturated rings. The Balaban J connectivity index is 1.14. The van der Waals surface area contributed by atoms with Crippen molar-refractivity contribution in [3.63, 3.8) is 0 Å². The number of hydrogen-bond donors (Lipinski definition) is 7. The highest BCUT2D eigenvalue weighted by Crippen LogP contribution is 2.45. The molecule has 0 aromatic rings. The van der Waals surface area contributed by atoms with E-state index in [0.717, 1.165) is 63.7 Å². The molecule has 16 heteroatoms. The van der Waals surface area contributed by atoms with E-state index in [4.69, 9.17) is 9.57 Å². The van der Waals surface area contributed by atoms with Gasteiger partial charge in [0.25, 0.3) is 0 Å². The lowest BCUT2D eigenvalue weighted by Gasteiger charge is -2.35. The van der Waals surface area contributed by atoms with E-state index in [0.29, 0.717) is 31.6 Å². The summed E-state index contributed by atoms with van der Waals surface area (Å²) in [6.07, 6.45) is 13.0. The fourth-order valence-electron chi connectivity index (χ4n) is 9.07. The van der Waals surface area contributed by atoms with Crippen LogP contribution in [0.4, 0.5) is 0 Å². The van der Waals surface area contributed by atoms with Gasteiger partial charge in [-0.2, -0.15) is 10.6 Å². The first-order valence-electron chi connectivity index (χ1n) is 19.1. The zero-order valence-corrected chi connectivity index (χ0v) is 30.6. The molecule has 3 amide bonds. The summed E-state index contributed by atoms with van der Waals surface area (Å²) < 4.78 is 5.66. The molecule has 0 spiro atoms. The molecule has 0 aromatic carbocycles. The van der Waals surface area contributed by atoms with Crippen LogP contribution in [0.25, 0.3) is 0 Å². The van der Waals surface area contributed by atoms with E-state index < -0.39 is 35.5 Å². The quantitative estimate of drug-likeness (QED) is 0.180. The van der Waals surface area contributed by atoms with Crippen LogP contribution in [0.5, 0.6) is 0 Å². The number of fused-ring (bicyclic) bond motifs is 2. The maximum absolute atomic E-state index is 14.6. The minimum Gasteiger partial charge on any atom is -0.479 e. The fourth-order valence-corrected chi connectivity index (χ4v) is 10.2. The average molecular weight is 733 g/mol. The summed E-state index contributed by atoms with van der Waals surface area (Å²) in [5.74, 6) is -0.984. The zero-order valence-electron chi connectivity index (χ0n) is 29.8. The zero-order chi connectivity index (χ0) is 35.7. The molecule has 5 aliphatic heterocycles. The second kappa shape index (κ2) is 16.0. The summed E-state index contributed by atoms with van der Waals surface area (Å²) in [5, 5.41) is 22.1. The Bertz CT molecular complexity index is 1330. The van der Waals surface area contributed by atoms with Crippen LogP contribution in [0.15, 0.2) is 12.2 Å². The number of carboxylic acids is 1. The smallest absolute Gasteiger partial charge is 0.330 e. The lowest BCUT2D eigenvalue weighted by molar-refractivity contribution is -0.146. The van der Waals surface area contributed by atoms with Gasteiger partial charge in [0.15, 0.2) is 0 Å². The van der Waals surface area contributed by atoms with E-state index in [-0.39, 0.29) is 60.0 Å². The average Bonchev–Trinajstić information content (AvgIpc) is 3.74. The van der Waals surface area contributed by atoms with Crippen LogP contribution >= 0.6 is 11.8 Å². The van der Waals surface area contributed by atoms with Crippen LogP contribution in [0.3, 0.4) is 0 Å². The van der Waals surface area contributed by atoms with Gasteiger partial charge in [-0.25, -0.2) is 15.6 Å². The standard InChI is InChI=1S/C35H56N8O7S/c1-20-16-26(41-50-20)30(44)37-25-9-7-5-3-4-6-8-22-18-35(22,34(47)48)38-31(45)27-17-23(19-42(27)33(25)46)43-39-28(21-10-12-24(49-2)13-11-21)29(40-43)32-36-14-15-51-32/h6,8,20-29,32,36,39-41H,3-5,7,9-19H2,1-2H3,(H,37,44)(H,38,45)(H,47,48)/b8-6-/t20?,21?,22-,23-,24?,25+,26?,27+,28?,29?,32?,35-/m1/s1. The number of allylic oxidation sites excluding steroid dienone is 1. The minimum atomic E-state index is -1.38. The van der Waals surface area contributed by atoms with E-state index in [2.05, 4.69) is 32.3 Å². The third kappa shape index (κ3) is 7.98. The Hall–Kier alpha value is -2.31. The lowest BCUT2D eigenvalue weighted by atomic mass is 9.80. The number of amides is 3. The number of aliphatic carboxylic acids is 1. The molecule has 51 heavy (non-hydrogen) atoms. The molecule has 7 rings (SSSR count). The molecule has 0 aromatic heterocycles. The Morgan fingerprint density at radius 2 is 1.88 bits per heavy atom. The van der Waals surface area contributed by atoms with E-state index in [1.807, 2.05) is 36.0 Å². The first-order valence-corrected chi connectivity index (χ1v) is 20.1. The van der Waals surface area contributed by atoms with E-state index in [9.17, 15) is 24.3 Å². The van der Waals surface area contributed by atoms with E-state index in [1.54, 1.807) is 12.0 Å². The van der Waals surface area contributed by atoms with E-state index >= 15 is 0 Å². The van der Waals surface area contributed by atoms with Crippen LogP contribution < -0.4 is 32.3 Å². The molecule has 5 unspecified atom stereocenters. The summed E-state index contributed by atoms with van der Waals surface area (Å²) in [5.41, 5.74) is 8.95. The van der Waals surface area contributed by atoms with Gasteiger partial charge in [-0.05, 0) is 70.6 Å². The first-order chi connectivity index (χ1) is 24.7. The van der Waals surface area contributed by atoms with Gasteiger partial charge in [0.2, 0.25) is 17.7 Å². The van der Waals surface area contributed by atoms with Gasteiger partial charge in [0.05, 0.1) is 29.7 Å². The number of carbonyl (C=O) groups excluding carboxylic acids is 3. The SMILES string of the molecule is COC1CCC(C2NN([C@@H]3C[C@H]4C(=O)N[C@]5(C(=O)O)C[C@H]5/C=C\CCCCC[C@H](NC(=O)C5CC(C)ON5)C(=O)N4C3)NC2C2NCCS2)CC1. The maximum Gasteiger partial charge on any atom is 0.330 e. The maximum atomic E-state index is 14.6. The Morgan fingerprint density at radius 1 is 1.08 bits per heavy atom. The molecule has 0 radical (unpaired) electrons. The number of hydrogen-bond acceptors (Lipinski definition) is 12. The minimum absolute atomic E-state index is 0.106. The van der Waals surface area contributed by atoms with Crippen LogP contribution in [0.2, 0.25) is 0 Å². The number of nitrogens with zero attached hydrogens (tertiary/aromatic N) is 2. The number of methoxy groups -OCH3 is 1. The van der Waals surface area contributed by atoms with Crippen LogP contribution in [-0.2, 0) is 28.8 Å². The number of carboxylic acid groups (broad SMARTS) is 1. The third-order valence-electron chi connectivity index (χ3n) is 12.2. The van der Waals surface area contributed by atoms with Crippen molar-refractivity contribution in [3.8, 4) is 0 Å². The molecular formula is C35H56N8O7S.